The molecule has 142 valence electrons. The zero-order valence-corrected chi connectivity index (χ0v) is 16.3. The number of hydrogen-bond acceptors (Lipinski definition) is 3. The van der Waals surface area contributed by atoms with E-state index in [2.05, 4.69) is 45.4 Å². The Morgan fingerprint density at radius 1 is 1.15 bits per heavy atom. The third-order valence-corrected chi connectivity index (χ3v) is 6.84. The molecular formula is C21H25ClN4O. The number of halogens is 1. The average molecular weight is 385 g/mol. The highest BCUT2D eigenvalue weighted by molar-refractivity contribution is 6.31. The van der Waals surface area contributed by atoms with Crippen molar-refractivity contribution in [3.8, 4) is 0 Å². The van der Waals surface area contributed by atoms with Crippen molar-refractivity contribution in [2.45, 2.75) is 11.5 Å². The van der Waals surface area contributed by atoms with Gasteiger partial charge in [0.05, 0.1) is 5.02 Å². The van der Waals surface area contributed by atoms with Gasteiger partial charge in [-0.2, -0.15) is 0 Å². The normalized spacial score (nSPS) is 34.4. The summed E-state index contributed by atoms with van der Waals surface area (Å²) >= 11 is 6.10. The summed E-state index contributed by atoms with van der Waals surface area (Å²) in [4.78, 5) is 18.3. The van der Waals surface area contributed by atoms with Gasteiger partial charge < -0.3 is 19.7 Å². The van der Waals surface area contributed by atoms with Crippen LogP contribution < -0.4 is 5.32 Å². The van der Waals surface area contributed by atoms with E-state index < -0.39 is 0 Å². The second kappa shape index (κ2) is 6.36. The molecule has 0 aliphatic carbocycles. The fraction of sp³-hybridized carbons (Fsp3) is 0.476. The van der Waals surface area contributed by atoms with Crippen LogP contribution in [0.2, 0.25) is 5.02 Å². The maximum atomic E-state index is 13.1. The zero-order chi connectivity index (χ0) is 18.6. The first-order chi connectivity index (χ1) is 13.0. The van der Waals surface area contributed by atoms with Crippen molar-refractivity contribution < 1.29 is 4.79 Å². The van der Waals surface area contributed by atoms with Crippen molar-refractivity contribution in [1.82, 2.24) is 19.7 Å². The molecule has 2 aromatic rings. The van der Waals surface area contributed by atoms with E-state index in [4.69, 9.17) is 11.6 Å². The Balaban J connectivity index is 1.53. The first-order valence-corrected chi connectivity index (χ1v) is 10.1. The molecule has 6 heteroatoms. The van der Waals surface area contributed by atoms with Crippen molar-refractivity contribution in [3.63, 3.8) is 0 Å². The molecule has 5 nitrogen and oxygen atoms in total. The highest BCUT2D eigenvalue weighted by Gasteiger charge is 2.55. The van der Waals surface area contributed by atoms with Crippen LogP contribution in [0.1, 0.15) is 16.1 Å². The Hall–Kier alpha value is -1.82. The quantitative estimate of drug-likeness (QED) is 0.879. The molecule has 4 fully saturated rings. The van der Waals surface area contributed by atoms with E-state index in [1.54, 1.807) is 12.3 Å². The summed E-state index contributed by atoms with van der Waals surface area (Å²) in [5.41, 5.74) is 1.89. The maximum absolute atomic E-state index is 13.1. The fourth-order valence-corrected chi connectivity index (χ4v) is 5.78. The molecule has 4 aliphatic rings. The summed E-state index contributed by atoms with van der Waals surface area (Å²) in [5.74, 6) is 0.413. The summed E-state index contributed by atoms with van der Waals surface area (Å²) in [5, 5.41) is 4.02. The van der Waals surface area contributed by atoms with Crippen LogP contribution in [-0.2, 0) is 12.5 Å². The Labute approximate surface area is 164 Å². The van der Waals surface area contributed by atoms with E-state index >= 15 is 0 Å². The zero-order valence-electron chi connectivity index (χ0n) is 15.6. The number of nitrogens with one attached hydrogen (secondary N) is 1. The van der Waals surface area contributed by atoms with E-state index in [0.717, 1.165) is 39.3 Å². The number of carbonyl (C=O) groups excluding carboxylic acids is 1. The number of benzene rings is 1. The molecule has 0 spiro atoms. The van der Waals surface area contributed by atoms with Crippen LogP contribution in [-0.4, -0.2) is 65.6 Å². The van der Waals surface area contributed by atoms with Gasteiger partial charge in [0, 0.05) is 69.9 Å². The number of aromatic nitrogens is 1. The lowest BCUT2D eigenvalue weighted by atomic mass is 9.64. The summed E-state index contributed by atoms with van der Waals surface area (Å²) in [6.45, 7) is 6.37. The molecule has 1 aromatic carbocycles. The summed E-state index contributed by atoms with van der Waals surface area (Å²) in [6, 6.07) is 12.6. The third-order valence-electron chi connectivity index (χ3n) is 6.64. The monoisotopic (exact) mass is 384 g/mol. The lowest BCUT2D eigenvalue weighted by Crippen LogP contribution is -2.70. The molecule has 3 atom stereocenters. The molecule has 0 radical (unpaired) electrons. The van der Waals surface area contributed by atoms with Crippen LogP contribution >= 0.6 is 11.6 Å². The van der Waals surface area contributed by atoms with Crippen LogP contribution in [0, 0.1) is 5.92 Å². The minimum atomic E-state index is -0.0659. The number of carbonyl (C=O) groups is 1. The van der Waals surface area contributed by atoms with Gasteiger partial charge in [0.2, 0.25) is 0 Å². The lowest BCUT2D eigenvalue weighted by Gasteiger charge is -2.55. The molecule has 1 N–H and O–H groups in total. The minimum Gasteiger partial charge on any atom is -0.347 e. The molecule has 4 saturated heterocycles. The van der Waals surface area contributed by atoms with Gasteiger partial charge in [-0.15, -0.1) is 0 Å². The molecule has 6 rings (SSSR count). The smallest absolute Gasteiger partial charge is 0.268 e. The van der Waals surface area contributed by atoms with Crippen LogP contribution in [0.25, 0.3) is 0 Å². The highest BCUT2D eigenvalue weighted by Crippen LogP contribution is 2.43. The number of piperidine rings is 2. The van der Waals surface area contributed by atoms with Crippen LogP contribution in [0.4, 0.5) is 0 Å². The van der Waals surface area contributed by atoms with Crippen molar-refractivity contribution in [2.75, 3.05) is 39.3 Å². The number of rotatable bonds is 3. The van der Waals surface area contributed by atoms with Gasteiger partial charge in [-0.25, -0.2) is 0 Å². The maximum Gasteiger partial charge on any atom is 0.268 e. The standard InChI is InChI=1S/C21H25ClN4O/c1-24-12-17(22)9-18(24)20(27)23-19-15-10-25-7-8-26(11-15)14-21(19,13-25)16-5-3-2-4-6-16/h2-6,9,12,15,19H,7-8,10-11,13-14H2,1H3,(H,23,27)/t15?,19-,21?/m1/s1. The molecule has 4 bridgehead atoms. The topological polar surface area (TPSA) is 40.5 Å². The van der Waals surface area contributed by atoms with Crippen molar-refractivity contribution in [2.24, 2.45) is 13.0 Å². The van der Waals surface area contributed by atoms with E-state index in [-0.39, 0.29) is 17.4 Å². The molecular weight excluding hydrogens is 360 g/mol. The SMILES string of the molecule is Cn1cc(Cl)cc1C(=O)N[C@@H]1C2CN3CCN(C2)CC1(c1ccccc1)C3. The summed E-state index contributed by atoms with van der Waals surface area (Å²) in [7, 11) is 1.87. The van der Waals surface area contributed by atoms with Crippen molar-refractivity contribution in [3.05, 3.63) is 58.9 Å². The Kier molecular flexibility index (Phi) is 4.08. The van der Waals surface area contributed by atoms with Gasteiger partial charge in [0.15, 0.2) is 0 Å². The largest absolute Gasteiger partial charge is 0.347 e. The molecule has 0 saturated carbocycles. The fourth-order valence-electron chi connectivity index (χ4n) is 5.53. The second-order valence-corrected chi connectivity index (χ2v) is 8.79. The molecule has 4 aliphatic heterocycles. The van der Waals surface area contributed by atoms with Crippen molar-refractivity contribution >= 4 is 17.5 Å². The van der Waals surface area contributed by atoms with Gasteiger partial charge >= 0.3 is 0 Å². The second-order valence-electron chi connectivity index (χ2n) is 8.36. The molecule has 1 amide bonds. The van der Waals surface area contributed by atoms with Crippen molar-refractivity contribution in [1.29, 1.82) is 0 Å². The molecule has 1 aromatic heterocycles. The van der Waals surface area contributed by atoms with Gasteiger partial charge in [-0.1, -0.05) is 41.9 Å². The number of aryl methyl sites for hydroxylation is 1. The Morgan fingerprint density at radius 2 is 1.81 bits per heavy atom. The van der Waals surface area contributed by atoms with Gasteiger partial charge in [0.1, 0.15) is 5.69 Å². The van der Waals surface area contributed by atoms with Crippen LogP contribution in [0.5, 0.6) is 0 Å². The third kappa shape index (κ3) is 2.80. The Morgan fingerprint density at radius 3 is 2.41 bits per heavy atom. The van der Waals surface area contributed by atoms with Crippen LogP contribution in [0.15, 0.2) is 42.6 Å². The van der Waals surface area contributed by atoms with Crippen LogP contribution in [0.3, 0.4) is 0 Å². The first-order valence-electron chi connectivity index (χ1n) is 9.68. The van der Waals surface area contributed by atoms with Gasteiger partial charge in [0.25, 0.3) is 5.91 Å². The van der Waals surface area contributed by atoms with E-state index in [1.165, 1.54) is 5.56 Å². The summed E-state index contributed by atoms with van der Waals surface area (Å²) in [6.07, 6.45) is 1.78. The number of hydrogen-bond donors (Lipinski definition) is 1. The molecule has 2 unspecified atom stereocenters. The molecule has 27 heavy (non-hydrogen) atoms. The predicted molar refractivity (Wildman–Crippen MR) is 106 cm³/mol. The van der Waals surface area contributed by atoms with E-state index in [1.807, 2.05) is 11.6 Å². The summed E-state index contributed by atoms with van der Waals surface area (Å²) < 4.78 is 1.81. The number of nitrogens with zero attached hydrogens (tertiary/aromatic N) is 3. The van der Waals surface area contributed by atoms with E-state index in [9.17, 15) is 4.79 Å². The first kappa shape index (κ1) is 17.3. The Bertz CT molecular complexity index is 848. The number of amides is 1. The minimum absolute atomic E-state index is 0.0270. The lowest BCUT2D eigenvalue weighted by molar-refractivity contribution is 0.0179. The van der Waals surface area contributed by atoms with Gasteiger partial charge in [-0.3, -0.25) is 4.79 Å². The highest BCUT2D eigenvalue weighted by atomic mass is 35.5. The molecule has 5 heterocycles. The van der Waals surface area contributed by atoms with E-state index in [0.29, 0.717) is 16.6 Å². The average Bonchev–Trinajstić information content (AvgIpc) is 2.82. The van der Waals surface area contributed by atoms with Gasteiger partial charge in [-0.05, 0) is 11.6 Å². The predicted octanol–water partition coefficient (Wildman–Crippen LogP) is 1.98. The number of fused-ring (bicyclic) bond motifs is 1.